The molecule has 0 unspecified atom stereocenters. The first kappa shape index (κ1) is 25.0. The fourth-order valence-corrected chi connectivity index (χ4v) is 7.07. The number of hydrogen-bond acceptors (Lipinski definition) is 5. The summed E-state index contributed by atoms with van der Waals surface area (Å²) in [7, 11) is 0. The number of carbonyl (C=O) groups is 2. The van der Waals surface area contributed by atoms with Crippen LogP contribution in [0.5, 0.6) is 5.75 Å². The minimum absolute atomic E-state index is 0.00629. The van der Waals surface area contributed by atoms with Gasteiger partial charge in [-0.1, -0.05) is 30.2 Å². The Morgan fingerprint density at radius 3 is 2.61 bits per heavy atom. The fraction of sp³-hybridized carbons (Fsp3) is 0.467. The van der Waals surface area contributed by atoms with Crippen molar-refractivity contribution < 1.29 is 19.4 Å². The third-order valence-electron chi connectivity index (χ3n) is 8.15. The number of allylic oxidation sites excluding steroid dienone is 2. The number of benzene rings is 1. The quantitative estimate of drug-likeness (QED) is 0.360. The minimum Gasteiger partial charge on any atom is -0.507 e. The summed E-state index contributed by atoms with van der Waals surface area (Å²) in [6.45, 7) is 9.05. The summed E-state index contributed by atoms with van der Waals surface area (Å²) in [4.78, 5) is 29.3. The molecule has 5 nitrogen and oxygen atoms in total. The van der Waals surface area contributed by atoms with Gasteiger partial charge in [-0.05, 0) is 92.3 Å². The molecule has 0 bridgehead atoms. The minimum atomic E-state index is -0.285. The molecule has 1 aliphatic carbocycles. The Kier molecular flexibility index (Phi) is 6.92. The lowest BCUT2D eigenvalue weighted by atomic mass is 9.69. The first-order valence-electron chi connectivity index (χ1n) is 13.0. The van der Waals surface area contributed by atoms with E-state index >= 15 is 0 Å². The van der Waals surface area contributed by atoms with Crippen molar-refractivity contribution in [2.24, 2.45) is 17.8 Å². The predicted octanol–water partition coefficient (Wildman–Crippen LogP) is 6.18. The Morgan fingerprint density at radius 2 is 1.94 bits per heavy atom. The van der Waals surface area contributed by atoms with Crippen molar-refractivity contribution in [1.29, 1.82) is 0 Å². The van der Waals surface area contributed by atoms with E-state index in [4.69, 9.17) is 4.74 Å². The molecule has 3 aliphatic rings. The molecule has 1 N–H and O–H groups in total. The molecule has 4 atom stereocenters. The van der Waals surface area contributed by atoms with Gasteiger partial charge in [0, 0.05) is 10.8 Å². The molecular weight excluding hydrogens is 470 g/mol. The molecule has 2 aromatic rings. The molecule has 3 heterocycles. The van der Waals surface area contributed by atoms with Crippen molar-refractivity contribution in [1.82, 2.24) is 4.90 Å². The summed E-state index contributed by atoms with van der Waals surface area (Å²) in [5.41, 5.74) is 6.73. The fourth-order valence-electron chi connectivity index (χ4n) is 6.38. The molecule has 36 heavy (non-hydrogen) atoms. The maximum atomic E-state index is 13.5. The van der Waals surface area contributed by atoms with Gasteiger partial charge >= 0.3 is 0 Å². The molecule has 2 aliphatic heterocycles. The van der Waals surface area contributed by atoms with Gasteiger partial charge in [0.25, 0.3) is 0 Å². The molecular formula is C30H35NO4S. The zero-order valence-electron chi connectivity index (χ0n) is 21.5. The topological polar surface area (TPSA) is 66.8 Å². The van der Waals surface area contributed by atoms with Crippen LogP contribution in [-0.4, -0.2) is 34.5 Å². The second-order valence-electron chi connectivity index (χ2n) is 10.6. The van der Waals surface area contributed by atoms with Crippen LogP contribution in [0.15, 0.2) is 46.4 Å². The lowest BCUT2D eigenvalue weighted by Gasteiger charge is -2.31. The average Bonchev–Trinajstić information content (AvgIpc) is 3.57. The van der Waals surface area contributed by atoms with Gasteiger partial charge in [0.15, 0.2) is 0 Å². The third kappa shape index (κ3) is 4.46. The van der Waals surface area contributed by atoms with E-state index in [2.05, 4.69) is 19.9 Å². The molecule has 0 spiro atoms. The largest absolute Gasteiger partial charge is 0.507 e. The van der Waals surface area contributed by atoms with Gasteiger partial charge in [-0.25, -0.2) is 0 Å². The number of phenolic OH excluding ortho intramolecular Hbond substituents is 1. The van der Waals surface area contributed by atoms with Gasteiger partial charge in [-0.3, -0.25) is 14.5 Å². The predicted molar refractivity (Wildman–Crippen MR) is 142 cm³/mol. The van der Waals surface area contributed by atoms with E-state index in [1.54, 1.807) is 11.3 Å². The number of rotatable bonds is 7. The Hall–Kier alpha value is -2.70. The molecule has 2 fully saturated rings. The number of aromatic hydroxyl groups is 1. The van der Waals surface area contributed by atoms with Crippen molar-refractivity contribution >= 4 is 29.2 Å². The molecule has 6 heteroatoms. The summed E-state index contributed by atoms with van der Waals surface area (Å²) in [6, 6.07) is 7.97. The number of amides is 2. The van der Waals surface area contributed by atoms with E-state index in [1.807, 2.05) is 43.5 Å². The standard InChI is InChI=1S/C30H35NO4S/c1-5-21-14-23-27(30(34)31(29(23)33)15-22-7-6-10-36-22)24-16-35-25(26(21)24)9-8-17(2)11-20-12-18(3)28(32)19(4)13-20/h6-7,10-13,23-25,27,32H,5,8-9,14-16H2,1-4H3/b17-11+/t23-,24+,25-,27-/m1/s1. The van der Waals surface area contributed by atoms with Crippen molar-refractivity contribution in [3.8, 4) is 5.75 Å². The monoisotopic (exact) mass is 505 g/mol. The highest BCUT2D eigenvalue weighted by atomic mass is 32.1. The van der Waals surface area contributed by atoms with E-state index in [9.17, 15) is 14.7 Å². The van der Waals surface area contributed by atoms with Gasteiger partial charge in [0.2, 0.25) is 11.8 Å². The number of hydrogen-bond donors (Lipinski definition) is 1. The van der Waals surface area contributed by atoms with E-state index in [-0.39, 0.29) is 35.7 Å². The molecule has 2 amide bonds. The number of fused-ring (bicyclic) bond motifs is 3. The maximum Gasteiger partial charge on any atom is 0.234 e. The Bertz CT molecular complexity index is 1220. The number of aryl methyl sites for hydroxylation is 2. The summed E-state index contributed by atoms with van der Waals surface area (Å²) in [5, 5.41) is 12.0. The zero-order chi connectivity index (χ0) is 25.6. The number of carbonyl (C=O) groups excluding carboxylic acids is 2. The molecule has 1 aromatic carbocycles. The van der Waals surface area contributed by atoms with Crippen LogP contribution < -0.4 is 0 Å². The van der Waals surface area contributed by atoms with Gasteiger partial charge in [-0.15, -0.1) is 11.3 Å². The van der Waals surface area contributed by atoms with Crippen molar-refractivity contribution in [2.75, 3.05) is 6.61 Å². The third-order valence-corrected chi connectivity index (χ3v) is 9.01. The van der Waals surface area contributed by atoms with Crippen LogP contribution in [0.1, 0.15) is 61.1 Å². The molecule has 0 radical (unpaired) electrons. The van der Waals surface area contributed by atoms with Crippen LogP contribution in [0.3, 0.4) is 0 Å². The first-order valence-corrected chi connectivity index (χ1v) is 13.8. The highest BCUT2D eigenvalue weighted by Gasteiger charge is 2.56. The van der Waals surface area contributed by atoms with E-state index in [0.29, 0.717) is 25.3 Å². The highest BCUT2D eigenvalue weighted by molar-refractivity contribution is 7.09. The summed E-state index contributed by atoms with van der Waals surface area (Å²) in [6.07, 6.45) is 5.52. The summed E-state index contributed by atoms with van der Waals surface area (Å²) >= 11 is 1.58. The molecule has 190 valence electrons. The smallest absolute Gasteiger partial charge is 0.234 e. The SMILES string of the molecule is CCC1=C2[C@@H](CC/C(C)=C/c3cc(C)c(O)c(C)c3)OC[C@@H]2[C@@H]2C(=O)N(Cc3cccs3)C(=O)[C@@H]2C1. The maximum absolute atomic E-state index is 13.5. The average molecular weight is 506 g/mol. The molecule has 1 aromatic heterocycles. The van der Waals surface area contributed by atoms with Crippen LogP contribution in [0.4, 0.5) is 0 Å². The lowest BCUT2D eigenvalue weighted by Crippen LogP contribution is -2.34. The van der Waals surface area contributed by atoms with Crippen molar-refractivity contribution in [2.45, 2.75) is 66.0 Å². The molecule has 2 saturated heterocycles. The van der Waals surface area contributed by atoms with Crippen LogP contribution in [0.25, 0.3) is 6.08 Å². The van der Waals surface area contributed by atoms with Crippen LogP contribution in [0.2, 0.25) is 0 Å². The number of imide groups is 1. The normalized spacial score (nSPS) is 26.1. The van der Waals surface area contributed by atoms with Crippen LogP contribution in [0, 0.1) is 31.6 Å². The molecule has 0 saturated carbocycles. The second kappa shape index (κ2) is 9.98. The highest BCUT2D eigenvalue weighted by Crippen LogP contribution is 2.50. The van der Waals surface area contributed by atoms with Gasteiger partial charge in [-0.2, -0.15) is 0 Å². The molecule has 5 rings (SSSR count). The van der Waals surface area contributed by atoms with Crippen LogP contribution in [-0.2, 0) is 20.9 Å². The number of likely N-dealkylation sites (tertiary alicyclic amines) is 1. The van der Waals surface area contributed by atoms with E-state index in [1.165, 1.54) is 21.6 Å². The Morgan fingerprint density at radius 1 is 1.19 bits per heavy atom. The van der Waals surface area contributed by atoms with Gasteiger partial charge in [0.1, 0.15) is 5.75 Å². The number of nitrogens with zero attached hydrogens (tertiary/aromatic N) is 1. The Labute approximate surface area is 217 Å². The van der Waals surface area contributed by atoms with Gasteiger partial charge < -0.3 is 9.84 Å². The van der Waals surface area contributed by atoms with E-state index < -0.39 is 0 Å². The van der Waals surface area contributed by atoms with Crippen molar-refractivity contribution in [3.63, 3.8) is 0 Å². The summed E-state index contributed by atoms with van der Waals surface area (Å²) in [5.74, 6) is -0.183. The van der Waals surface area contributed by atoms with E-state index in [0.717, 1.165) is 40.8 Å². The number of thiophene rings is 1. The lowest BCUT2D eigenvalue weighted by molar-refractivity contribution is -0.140. The first-order chi connectivity index (χ1) is 17.3. The second-order valence-corrected chi connectivity index (χ2v) is 11.6. The van der Waals surface area contributed by atoms with Crippen LogP contribution >= 0.6 is 11.3 Å². The number of ether oxygens (including phenoxy) is 1. The van der Waals surface area contributed by atoms with Gasteiger partial charge in [0.05, 0.1) is 31.1 Å². The number of phenols is 1. The zero-order valence-corrected chi connectivity index (χ0v) is 22.4. The van der Waals surface area contributed by atoms with Crippen molar-refractivity contribution in [3.05, 3.63) is 67.9 Å². The summed E-state index contributed by atoms with van der Waals surface area (Å²) < 4.78 is 6.32. The Balaban J connectivity index is 1.32.